The van der Waals surface area contributed by atoms with Crippen LogP contribution >= 0.6 is 0 Å². The third-order valence-electron chi connectivity index (χ3n) is 3.23. The highest BCUT2D eigenvalue weighted by molar-refractivity contribution is 5.75. The average molecular weight is 313 g/mol. The van der Waals surface area contributed by atoms with Crippen LogP contribution in [0.5, 0.6) is 0 Å². The Labute approximate surface area is 136 Å². The highest BCUT2D eigenvalue weighted by Gasteiger charge is 2.03. The van der Waals surface area contributed by atoms with Crippen LogP contribution in [-0.2, 0) is 4.79 Å². The van der Waals surface area contributed by atoms with E-state index in [2.05, 4.69) is 32.8 Å². The molecule has 1 aromatic heterocycles. The van der Waals surface area contributed by atoms with E-state index in [0.717, 1.165) is 17.2 Å². The molecular formula is C17H23N5O. The normalized spacial score (nSPS) is 10.2. The molecule has 0 aliphatic heterocycles. The first-order valence-corrected chi connectivity index (χ1v) is 7.77. The number of amides is 1. The van der Waals surface area contributed by atoms with E-state index in [4.69, 9.17) is 0 Å². The fourth-order valence-electron chi connectivity index (χ4n) is 2.00. The number of nitrogens with one attached hydrogen (secondary N) is 3. The summed E-state index contributed by atoms with van der Waals surface area (Å²) in [7, 11) is 0. The molecule has 0 unspecified atom stereocenters. The second-order valence-electron chi connectivity index (χ2n) is 5.34. The molecule has 2 rings (SSSR count). The number of benzene rings is 1. The quantitative estimate of drug-likeness (QED) is 0.685. The van der Waals surface area contributed by atoms with Gasteiger partial charge in [0.05, 0.1) is 0 Å². The van der Waals surface area contributed by atoms with Crippen LogP contribution in [0.2, 0.25) is 0 Å². The van der Waals surface area contributed by atoms with Crippen molar-refractivity contribution in [1.29, 1.82) is 0 Å². The molecule has 1 aromatic carbocycles. The topological polar surface area (TPSA) is 78.9 Å². The first-order chi connectivity index (χ1) is 11.1. The van der Waals surface area contributed by atoms with Crippen LogP contribution in [0.1, 0.15) is 24.6 Å². The van der Waals surface area contributed by atoms with Crippen molar-refractivity contribution in [2.75, 3.05) is 23.7 Å². The molecule has 0 saturated heterocycles. The van der Waals surface area contributed by atoms with Gasteiger partial charge in [0.25, 0.3) is 0 Å². The lowest BCUT2D eigenvalue weighted by Gasteiger charge is -2.10. The molecule has 0 aliphatic rings. The Hall–Kier alpha value is -2.63. The van der Waals surface area contributed by atoms with Crippen molar-refractivity contribution in [3.05, 3.63) is 41.6 Å². The SMILES string of the molecule is CCC(=O)NCCNc1nc(C)cc(Nc2ccc(C)cc2)n1. The van der Waals surface area contributed by atoms with Crippen molar-refractivity contribution < 1.29 is 4.79 Å². The van der Waals surface area contributed by atoms with E-state index in [0.29, 0.717) is 25.5 Å². The van der Waals surface area contributed by atoms with Crippen LogP contribution in [0.25, 0.3) is 0 Å². The second kappa shape index (κ2) is 8.12. The third kappa shape index (κ3) is 5.58. The summed E-state index contributed by atoms with van der Waals surface area (Å²) in [4.78, 5) is 20.0. The molecule has 1 amide bonds. The summed E-state index contributed by atoms with van der Waals surface area (Å²) in [6.45, 7) is 6.93. The Bertz CT molecular complexity index is 655. The van der Waals surface area contributed by atoms with Gasteiger partial charge in [-0.05, 0) is 26.0 Å². The van der Waals surface area contributed by atoms with Gasteiger partial charge < -0.3 is 16.0 Å². The number of hydrogen-bond acceptors (Lipinski definition) is 5. The van der Waals surface area contributed by atoms with Crippen molar-refractivity contribution in [3.8, 4) is 0 Å². The van der Waals surface area contributed by atoms with E-state index in [1.54, 1.807) is 0 Å². The summed E-state index contributed by atoms with van der Waals surface area (Å²) >= 11 is 0. The predicted molar refractivity (Wildman–Crippen MR) is 93.0 cm³/mol. The molecule has 0 aliphatic carbocycles. The number of carbonyl (C=O) groups excluding carboxylic acids is 1. The molecule has 1 heterocycles. The maximum Gasteiger partial charge on any atom is 0.224 e. The van der Waals surface area contributed by atoms with E-state index < -0.39 is 0 Å². The average Bonchev–Trinajstić information content (AvgIpc) is 2.53. The number of carbonyl (C=O) groups is 1. The van der Waals surface area contributed by atoms with E-state index in [9.17, 15) is 4.79 Å². The lowest BCUT2D eigenvalue weighted by molar-refractivity contribution is -0.120. The standard InChI is InChI=1S/C17H23N5O/c1-4-16(23)18-9-10-19-17-20-13(3)11-15(22-17)21-14-7-5-12(2)6-8-14/h5-8,11H,4,9-10H2,1-3H3,(H,18,23)(H2,19,20,21,22). The smallest absolute Gasteiger partial charge is 0.224 e. The number of aryl methyl sites for hydroxylation is 2. The van der Waals surface area contributed by atoms with Gasteiger partial charge in [0.1, 0.15) is 5.82 Å². The zero-order chi connectivity index (χ0) is 16.7. The van der Waals surface area contributed by atoms with Gasteiger partial charge in [-0.15, -0.1) is 0 Å². The van der Waals surface area contributed by atoms with Crippen LogP contribution in [0.3, 0.4) is 0 Å². The van der Waals surface area contributed by atoms with Crippen molar-refractivity contribution in [2.45, 2.75) is 27.2 Å². The van der Waals surface area contributed by atoms with E-state index >= 15 is 0 Å². The minimum atomic E-state index is 0.0405. The van der Waals surface area contributed by atoms with E-state index in [1.807, 2.05) is 44.2 Å². The largest absolute Gasteiger partial charge is 0.354 e. The number of rotatable bonds is 7. The van der Waals surface area contributed by atoms with Crippen molar-refractivity contribution >= 4 is 23.4 Å². The summed E-state index contributed by atoms with van der Waals surface area (Å²) < 4.78 is 0. The van der Waals surface area contributed by atoms with Gasteiger partial charge in [-0.1, -0.05) is 24.6 Å². The number of hydrogen-bond donors (Lipinski definition) is 3. The van der Waals surface area contributed by atoms with Crippen molar-refractivity contribution in [2.24, 2.45) is 0 Å². The molecule has 0 saturated carbocycles. The Morgan fingerprint density at radius 3 is 2.52 bits per heavy atom. The fraction of sp³-hybridized carbons (Fsp3) is 0.353. The monoisotopic (exact) mass is 313 g/mol. The minimum absolute atomic E-state index is 0.0405. The number of nitrogens with zero attached hydrogens (tertiary/aromatic N) is 2. The fourth-order valence-corrected chi connectivity index (χ4v) is 2.00. The first-order valence-electron chi connectivity index (χ1n) is 7.77. The molecular weight excluding hydrogens is 290 g/mol. The highest BCUT2D eigenvalue weighted by atomic mass is 16.1. The molecule has 6 nitrogen and oxygen atoms in total. The molecule has 0 bridgehead atoms. The molecule has 0 fully saturated rings. The Morgan fingerprint density at radius 1 is 1.09 bits per heavy atom. The van der Waals surface area contributed by atoms with Crippen molar-refractivity contribution in [1.82, 2.24) is 15.3 Å². The Kier molecular flexibility index (Phi) is 5.91. The molecule has 0 spiro atoms. The summed E-state index contributed by atoms with van der Waals surface area (Å²) in [6, 6.07) is 10.0. The summed E-state index contributed by atoms with van der Waals surface area (Å²) in [5.74, 6) is 1.32. The van der Waals surface area contributed by atoms with E-state index in [-0.39, 0.29) is 5.91 Å². The van der Waals surface area contributed by atoms with Gasteiger partial charge in [-0.25, -0.2) is 4.98 Å². The second-order valence-corrected chi connectivity index (χ2v) is 5.34. The molecule has 0 radical (unpaired) electrons. The predicted octanol–water partition coefficient (Wildman–Crippen LogP) is 2.78. The van der Waals surface area contributed by atoms with Crippen LogP contribution < -0.4 is 16.0 Å². The zero-order valence-corrected chi connectivity index (χ0v) is 13.8. The number of anilines is 3. The van der Waals surface area contributed by atoms with Gasteiger partial charge in [0, 0.05) is 37.0 Å². The molecule has 0 atom stereocenters. The van der Waals surface area contributed by atoms with Crippen LogP contribution in [0.15, 0.2) is 30.3 Å². The Balaban J connectivity index is 1.95. The summed E-state index contributed by atoms with van der Waals surface area (Å²) in [5.41, 5.74) is 3.07. The summed E-state index contributed by atoms with van der Waals surface area (Å²) in [5, 5.41) is 9.20. The lowest BCUT2D eigenvalue weighted by atomic mass is 10.2. The van der Waals surface area contributed by atoms with Crippen LogP contribution in [0.4, 0.5) is 17.5 Å². The molecule has 2 aromatic rings. The number of aromatic nitrogens is 2. The highest BCUT2D eigenvalue weighted by Crippen LogP contribution is 2.17. The molecule has 23 heavy (non-hydrogen) atoms. The van der Waals surface area contributed by atoms with Crippen LogP contribution in [-0.4, -0.2) is 29.0 Å². The van der Waals surface area contributed by atoms with Gasteiger partial charge >= 0.3 is 0 Å². The molecule has 3 N–H and O–H groups in total. The third-order valence-corrected chi connectivity index (χ3v) is 3.23. The molecule has 6 heteroatoms. The van der Waals surface area contributed by atoms with Gasteiger partial charge in [0.2, 0.25) is 11.9 Å². The van der Waals surface area contributed by atoms with Gasteiger partial charge in [-0.3, -0.25) is 4.79 Å². The van der Waals surface area contributed by atoms with E-state index in [1.165, 1.54) is 5.56 Å². The van der Waals surface area contributed by atoms with Crippen LogP contribution in [0, 0.1) is 13.8 Å². The van der Waals surface area contributed by atoms with Gasteiger partial charge in [0.15, 0.2) is 0 Å². The maximum atomic E-state index is 11.2. The minimum Gasteiger partial charge on any atom is -0.354 e. The maximum absolute atomic E-state index is 11.2. The Morgan fingerprint density at radius 2 is 1.83 bits per heavy atom. The van der Waals surface area contributed by atoms with Gasteiger partial charge in [-0.2, -0.15) is 4.98 Å². The first kappa shape index (κ1) is 16.7. The lowest BCUT2D eigenvalue weighted by Crippen LogP contribution is -2.28. The summed E-state index contributed by atoms with van der Waals surface area (Å²) in [6.07, 6.45) is 0.492. The van der Waals surface area contributed by atoms with Crippen molar-refractivity contribution in [3.63, 3.8) is 0 Å². The molecule has 122 valence electrons. The zero-order valence-electron chi connectivity index (χ0n) is 13.8.